The molecule has 1 aromatic heterocycles. The summed E-state index contributed by atoms with van der Waals surface area (Å²) in [5, 5.41) is 4.30. The molecule has 0 atom stereocenters. The van der Waals surface area contributed by atoms with Crippen LogP contribution in [-0.2, 0) is 24.2 Å². The van der Waals surface area contributed by atoms with E-state index in [1.807, 2.05) is 13.0 Å². The van der Waals surface area contributed by atoms with Gasteiger partial charge in [-0.2, -0.15) is 0 Å². The van der Waals surface area contributed by atoms with Gasteiger partial charge in [-0.15, -0.1) is 0 Å². The molecule has 0 saturated carbocycles. The molecule has 0 amide bonds. The summed E-state index contributed by atoms with van der Waals surface area (Å²) in [6, 6.07) is 10.2. The minimum Gasteiger partial charge on any atom is -0.396 e. The second-order valence-corrected chi connectivity index (χ2v) is 7.75. The van der Waals surface area contributed by atoms with E-state index in [0.29, 0.717) is 6.61 Å². The summed E-state index contributed by atoms with van der Waals surface area (Å²) in [6.07, 6.45) is 2.65. The van der Waals surface area contributed by atoms with Crippen molar-refractivity contribution in [3.8, 4) is 11.3 Å². The number of hydrogen-bond acceptors (Lipinski definition) is 3. The molecule has 0 fully saturated rings. The maximum Gasteiger partial charge on any atom is 0.191 e. The van der Waals surface area contributed by atoms with E-state index in [-0.39, 0.29) is 10.8 Å². The topological polar surface area (TPSA) is 43.6 Å². The highest BCUT2D eigenvalue weighted by Gasteiger charge is 2.35. The molecule has 4 heteroatoms. The van der Waals surface area contributed by atoms with Crippen molar-refractivity contribution in [1.29, 1.82) is 0 Å². The van der Waals surface area contributed by atoms with Crippen LogP contribution in [0.1, 0.15) is 44.0 Å². The number of rotatable bonds is 2. The molecule has 4 nitrogen and oxygen atoms in total. The van der Waals surface area contributed by atoms with Gasteiger partial charge in [0, 0.05) is 23.9 Å². The number of aryl methyl sites for hydroxylation is 1. The monoisotopic (exact) mass is 336 g/mol. The number of benzene rings is 1. The third-order valence-corrected chi connectivity index (χ3v) is 5.20. The van der Waals surface area contributed by atoms with Crippen LogP contribution in [0.5, 0.6) is 0 Å². The number of pyridine rings is 1. The van der Waals surface area contributed by atoms with Crippen LogP contribution in [0.15, 0.2) is 40.3 Å². The lowest BCUT2D eigenvalue weighted by Gasteiger charge is -2.35. The van der Waals surface area contributed by atoms with Gasteiger partial charge in [-0.3, -0.25) is 4.79 Å². The quantitative estimate of drug-likeness (QED) is 0.783. The predicted octanol–water partition coefficient (Wildman–Crippen LogP) is 3.78. The van der Waals surface area contributed by atoms with Crippen LogP contribution in [0.3, 0.4) is 0 Å². The average molecular weight is 336 g/mol. The van der Waals surface area contributed by atoms with Crippen LogP contribution in [0.4, 0.5) is 0 Å². The van der Waals surface area contributed by atoms with Gasteiger partial charge in [0.05, 0.1) is 17.0 Å². The van der Waals surface area contributed by atoms with Crippen LogP contribution in [0, 0.1) is 5.41 Å². The number of nitrogens with zero attached hydrogens (tertiary/aromatic N) is 2. The molecule has 1 aliphatic carbocycles. The molecule has 130 valence electrons. The minimum absolute atomic E-state index is 0.0620. The SMILES string of the molecule is CCO/N=C1\CC(C)(C)Cc2c1c(=O)cc1n2CCc2ccccc2-1. The first-order valence-corrected chi connectivity index (χ1v) is 9.04. The van der Waals surface area contributed by atoms with Gasteiger partial charge in [0.25, 0.3) is 0 Å². The van der Waals surface area contributed by atoms with Gasteiger partial charge >= 0.3 is 0 Å². The zero-order chi connectivity index (χ0) is 17.6. The van der Waals surface area contributed by atoms with Crippen LogP contribution >= 0.6 is 0 Å². The van der Waals surface area contributed by atoms with Gasteiger partial charge in [0.1, 0.15) is 6.61 Å². The van der Waals surface area contributed by atoms with Crippen molar-refractivity contribution in [3.63, 3.8) is 0 Å². The lowest BCUT2D eigenvalue weighted by atomic mass is 9.74. The van der Waals surface area contributed by atoms with Crippen molar-refractivity contribution in [3.05, 3.63) is 57.4 Å². The molecule has 2 aliphatic rings. The summed E-state index contributed by atoms with van der Waals surface area (Å²) >= 11 is 0. The first kappa shape index (κ1) is 16.1. The lowest BCUT2D eigenvalue weighted by Crippen LogP contribution is -2.36. The highest BCUT2D eigenvalue weighted by molar-refractivity contribution is 6.02. The Morgan fingerprint density at radius 1 is 1.24 bits per heavy atom. The zero-order valence-electron chi connectivity index (χ0n) is 15.1. The van der Waals surface area contributed by atoms with Gasteiger partial charge in [0.2, 0.25) is 0 Å². The number of aromatic nitrogens is 1. The van der Waals surface area contributed by atoms with Gasteiger partial charge < -0.3 is 9.40 Å². The van der Waals surface area contributed by atoms with Crippen LogP contribution in [0.2, 0.25) is 0 Å². The van der Waals surface area contributed by atoms with Crippen molar-refractivity contribution < 1.29 is 4.84 Å². The van der Waals surface area contributed by atoms with Gasteiger partial charge in [-0.1, -0.05) is 43.3 Å². The molecule has 2 heterocycles. The largest absolute Gasteiger partial charge is 0.396 e. The molecule has 0 saturated heterocycles. The maximum absolute atomic E-state index is 13.0. The van der Waals surface area contributed by atoms with Gasteiger partial charge in [-0.05, 0) is 37.2 Å². The minimum atomic E-state index is 0.0620. The fourth-order valence-electron chi connectivity index (χ4n) is 4.17. The number of fused-ring (bicyclic) bond motifs is 5. The Morgan fingerprint density at radius 3 is 2.84 bits per heavy atom. The molecule has 0 radical (unpaired) electrons. The highest BCUT2D eigenvalue weighted by atomic mass is 16.6. The highest BCUT2D eigenvalue weighted by Crippen LogP contribution is 2.37. The van der Waals surface area contributed by atoms with E-state index in [9.17, 15) is 4.79 Å². The molecule has 1 aromatic carbocycles. The third kappa shape index (κ3) is 2.70. The molecule has 2 aromatic rings. The van der Waals surface area contributed by atoms with E-state index >= 15 is 0 Å². The van der Waals surface area contributed by atoms with Crippen molar-refractivity contribution in [2.24, 2.45) is 10.6 Å². The Kier molecular flexibility index (Phi) is 3.78. The predicted molar refractivity (Wildman–Crippen MR) is 100 cm³/mol. The first-order chi connectivity index (χ1) is 12.0. The van der Waals surface area contributed by atoms with Crippen LogP contribution in [-0.4, -0.2) is 16.9 Å². The van der Waals surface area contributed by atoms with E-state index in [0.717, 1.165) is 48.5 Å². The van der Waals surface area contributed by atoms with E-state index in [1.54, 1.807) is 6.07 Å². The summed E-state index contributed by atoms with van der Waals surface area (Å²) in [4.78, 5) is 18.3. The molecule has 0 bridgehead atoms. The summed E-state index contributed by atoms with van der Waals surface area (Å²) in [6.45, 7) is 7.80. The van der Waals surface area contributed by atoms with Crippen LogP contribution < -0.4 is 5.43 Å². The normalized spacial score (nSPS) is 19.1. The summed E-state index contributed by atoms with van der Waals surface area (Å²) in [5.41, 5.74) is 6.34. The van der Waals surface area contributed by atoms with E-state index in [1.165, 1.54) is 11.1 Å². The Hall–Kier alpha value is -2.36. The Bertz CT molecular complexity index is 922. The zero-order valence-corrected chi connectivity index (χ0v) is 15.1. The second-order valence-electron chi connectivity index (χ2n) is 7.75. The second kappa shape index (κ2) is 5.87. The standard InChI is InChI=1S/C21H24N2O2/c1-4-25-22-16-12-21(2,3)13-18-20(16)19(24)11-17-15-8-6-5-7-14(15)9-10-23(17)18/h5-8,11H,4,9-10,12-13H2,1-3H3/b22-16+. The Morgan fingerprint density at radius 2 is 2.04 bits per heavy atom. The van der Waals surface area contributed by atoms with Gasteiger partial charge in [-0.25, -0.2) is 0 Å². The summed E-state index contributed by atoms with van der Waals surface area (Å²) in [5.74, 6) is 0. The number of oxime groups is 1. The molecular formula is C21H24N2O2. The molecule has 0 N–H and O–H groups in total. The Labute approximate surface area is 148 Å². The molecule has 0 spiro atoms. The van der Waals surface area contributed by atoms with Crippen molar-refractivity contribution >= 4 is 5.71 Å². The van der Waals surface area contributed by atoms with Crippen molar-refractivity contribution in [2.45, 2.75) is 46.6 Å². The van der Waals surface area contributed by atoms with E-state index in [2.05, 4.69) is 41.8 Å². The fourth-order valence-corrected chi connectivity index (χ4v) is 4.17. The fraction of sp³-hybridized carbons (Fsp3) is 0.429. The van der Waals surface area contributed by atoms with Crippen molar-refractivity contribution in [2.75, 3.05) is 6.61 Å². The average Bonchev–Trinajstić information content (AvgIpc) is 2.58. The van der Waals surface area contributed by atoms with Gasteiger partial charge in [0.15, 0.2) is 5.43 Å². The summed E-state index contributed by atoms with van der Waals surface area (Å²) < 4.78 is 2.33. The third-order valence-electron chi connectivity index (χ3n) is 5.20. The van der Waals surface area contributed by atoms with Crippen molar-refractivity contribution in [1.82, 2.24) is 4.57 Å². The molecule has 0 unspecified atom stereocenters. The molecular weight excluding hydrogens is 312 g/mol. The maximum atomic E-state index is 13.0. The Balaban J connectivity index is 1.97. The van der Waals surface area contributed by atoms with E-state index < -0.39 is 0 Å². The molecule has 25 heavy (non-hydrogen) atoms. The lowest BCUT2D eigenvalue weighted by molar-refractivity contribution is 0.156. The first-order valence-electron chi connectivity index (χ1n) is 9.04. The van der Waals surface area contributed by atoms with E-state index in [4.69, 9.17) is 4.84 Å². The summed E-state index contributed by atoms with van der Waals surface area (Å²) in [7, 11) is 0. The number of hydrogen-bond donors (Lipinski definition) is 0. The van der Waals surface area contributed by atoms with Crippen LogP contribution in [0.25, 0.3) is 11.3 Å². The molecule has 1 aliphatic heterocycles. The molecule has 4 rings (SSSR count). The smallest absolute Gasteiger partial charge is 0.191 e.